The van der Waals surface area contributed by atoms with Crippen LogP contribution in [0, 0.1) is 18.3 Å². The van der Waals surface area contributed by atoms with Gasteiger partial charge in [0.15, 0.2) is 5.65 Å². The van der Waals surface area contributed by atoms with Crippen molar-refractivity contribution in [3.8, 4) is 27.4 Å². The number of rotatable bonds is 10. The van der Waals surface area contributed by atoms with Crippen LogP contribution in [0.25, 0.3) is 32.7 Å². The number of β-amino-alcohol motifs (C(OH)–C–C–N with tert-alkyl or cyclic N) is 1. The highest BCUT2D eigenvalue weighted by Gasteiger charge is 2.45. The average Bonchev–Trinajstić information content (AvgIpc) is 3.95. The van der Waals surface area contributed by atoms with Gasteiger partial charge in [0.1, 0.15) is 17.8 Å². The van der Waals surface area contributed by atoms with Gasteiger partial charge < -0.3 is 35.6 Å². The molecule has 3 aliphatic rings. The van der Waals surface area contributed by atoms with Crippen molar-refractivity contribution in [2.24, 2.45) is 11.3 Å². The molecule has 3 amide bonds. The molecule has 4 aromatic heterocycles. The quantitative estimate of drug-likeness (QED) is 0.105. The summed E-state index contributed by atoms with van der Waals surface area (Å²) in [4.78, 5) is 76.5. The monoisotopic (exact) mass is 924 g/mol. The smallest absolute Gasteiger partial charge is 0.254 e. The van der Waals surface area contributed by atoms with Crippen molar-refractivity contribution in [1.29, 1.82) is 0 Å². The van der Waals surface area contributed by atoms with Crippen LogP contribution in [-0.4, -0.2) is 94.2 Å². The van der Waals surface area contributed by atoms with Gasteiger partial charge >= 0.3 is 0 Å². The standard InChI is InChI=1S/C50H56N10O6S/c1-27(29-10-14-31(15-11-29)42-28(2)53-26-67-42)54-47(65)40-20-34(61)24-60(40)48(66)43(50(3,4)5)55-45(63)32-16-12-30(13-17-32)33-22-51-49(52-23-33)59-19-18-35-37-21-39(36-8-6-7-9-41(36)62)57-58-44(37)56-46(64)38(35)25-59/h6-11,14-15,21-23,26-27,30,32,34,40,43,61-62H,12-13,16-20,24-25H2,1-5H3,(H,54,65)(H,55,63)(H,56,58,64)/t27-,30?,32?,34+,40-,43+/m0/s1. The Morgan fingerprint density at radius 2 is 1.66 bits per heavy atom. The number of aromatic hydroxyl groups is 1. The summed E-state index contributed by atoms with van der Waals surface area (Å²) in [7, 11) is 0. The molecule has 2 aliphatic heterocycles. The summed E-state index contributed by atoms with van der Waals surface area (Å²) in [6.07, 6.45) is 6.22. The maximum Gasteiger partial charge on any atom is 0.254 e. The third-order valence-electron chi connectivity index (χ3n) is 13.7. The number of aromatic nitrogens is 6. The second kappa shape index (κ2) is 18.6. The number of aromatic amines is 1. The number of fused-ring (bicyclic) bond motifs is 3. The molecular weight excluding hydrogens is 869 g/mol. The number of nitrogens with one attached hydrogen (secondary N) is 3. The molecule has 67 heavy (non-hydrogen) atoms. The molecule has 9 rings (SSSR count). The van der Waals surface area contributed by atoms with Crippen LogP contribution in [0.5, 0.6) is 5.75 Å². The highest BCUT2D eigenvalue weighted by molar-refractivity contribution is 7.13. The lowest BCUT2D eigenvalue weighted by Crippen LogP contribution is -2.58. The van der Waals surface area contributed by atoms with Crippen LogP contribution in [0.4, 0.5) is 5.95 Å². The number of aliphatic hydroxyl groups excluding tert-OH is 1. The van der Waals surface area contributed by atoms with E-state index in [9.17, 15) is 29.4 Å². The summed E-state index contributed by atoms with van der Waals surface area (Å²) >= 11 is 1.58. The Morgan fingerprint density at radius 3 is 2.34 bits per heavy atom. The van der Waals surface area contributed by atoms with Gasteiger partial charge in [-0.05, 0) is 97.7 Å². The van der Waals surface area contributed by atoms with Crippen molar-refractivity contribution in [3.63, 3.8) is 0 Å². The van der Waals surface area contributed by atoms with Crippen molar-refractivity contribution in [3.05, 3.63) is 111 Å². The fourth-order valence-corrected chi connectivity index (χ4v) is 10.6. The molecule has 1 saturated heterocycles. The van der Waals surface area contributed by atoms with E-state index in [0.29, 0.717) is 60.8 Å². The highest BCUT2D eigenvalue weighted by Crippen LogP contribution is 2.37. The van der Waals surface area contributed by atoms with E-state index >= 15 is 0 Å². The number of aryl methyl sites for hydroxylation is 1. The number of carbonyl (C=O) groups excluding carboxylic acids is 3. The number of anilines is 1. The molecule has 348 valence electrons. The van der Waals surface area contributed by atoms with Crippen LogP contribution in [-0.2, 0) is 27.3 Å². The number of pyridine rings is 1. The zero-order chi connectivity index (χ0) is 47.1. The number of amides is 3. The van der Waals surface area contributed by atoms with Crippen LogP contribution in [0.15, 0.2) is 77.3 Å². The Kier molecular flexibility index (Phi) is 12.6. The van der Waals surface area contributed by atoms with Gasteiger partial charge in [0.05, 0.1) is 40.5 Å². The fourth-order valence-electron chi connectivity index (χ4n) is 9.83. The Hall–Kier alpha value is -6.59. The summed E-state index contributed by atoms with van der Waals surface area (Å²) in [5.41, 5.74) is 7.81. The molecule has 16 nitrogen and oxygen atoms in total. The largest absolute Gasteiger partial charge is 0.507 e. The van der Waals surface area contributed by atoms with E-state index in [0.717, 1.165) is 51.1 Å². The first kappa shape index (κ1) is 45.6. The van der Waals surface area contributed by atoms with Crippen molar-refractivity contribution in [1.82, 2.24) is 45.7 Å². The van der Waals surface area contributed by atoms with Crippen LogP contribution in [0.2, 0.25) is 0 Å². The molecule has 2 fully saturated rings. The van der Waals surface area contributed by atoms with Gasteiger partial charge in [0.25, 0.3) is 5.56 Å². The van der Waals surface area contributed by atoms with Gasteiger partial charge in [-0.15, -0.1) is 21.5 Å². The number of phenols is 1. The number of benzene rings is 2. The minimum atomic E-state index is -0.912. The molecule has 6 heterocycles. The van der Waals surface area contributed by atoms with Crippen LogP contribution < -0.4 is 21.1 Å². The number of thiazole rings is 1. The van der Waals surface area contributed by atoms with Crippen LogP contribution >= 0.6 is 11.3 Å². The molecule has 0 spiro atoms. The molecule has 1 aliphatic carbocycles. The predicted octanol–water partition coefficient (Wildman–Crippen LogP) is 6.12. The zero-order valence-corrected chi connectivity index (χ0v) is 39.1. The number of para-hydroxylation sites is 1. The van der Waals surface area contributed by atoms with E-state index in [1.165, 1.54) is 4.90 Å². The maximum absolute atomic E-state index is 14.4. The summed E-state index contributed by atoms with van der Waals surface area (Å²) in [5.74, 6) is -0.452. The number of phenolic OH excluding ortho intramolecular Hbond substituents is 1. The second-order valence-corrected chi connectivity index (χ2v) is 20.1. The molecule has 6 aromatic rings. The first-order chi connectivity index (χ1) is 32.1. The minimum Gasteiger partial charge on any atom is -0.507 e. The summed E-state index contributed by atoms with van der Waals surface area (Å²) in [5, 5.41) is 36.6. The van der Waals surface area contributed by atoms with Gasteiger partial charge in [-0.2, -0.15) is 0 Å². The molecule has 2 aromatic carbocycles. The number of aliphatic hydroxyl groups is 1. The first-order valence-electron chi connectivity index (χ1n) is 23.0. The zero-order valence-electron chi connectivity index (χ0n) is 38.3. The molecule has 0 radical (unpaired) electrons. The number of likely N-dealkylation sites (tertiary alicyclic amines) is 1. The third-order valence-corrected chi connectivity index (χ3v) is 14.7. The lowest BCUT2D eigenvalue weighted by Gasteiger charge is -2.37. The van der Waals surface area contributed by atoms with Crippen LogP contribution in [0.1, 0.15) is 99.7 Å². The van der Waals surface area contributed by atoms with E-state index in [4.69, 9.17) is 9.97 Å². The topological polar surface area (TPSA) is 220 Å². The minimum absolute atomic E-state index is 0.00147. The fraction of sp³-hybridized carbons (Fsp3) is 0.420. The number of hydrogen-bond acceptors (Lipinski definition) is 13. The average molecular weight is 925 g/mol. The Labute approximate surface area is 392 Å². The van der Waals surface area contributed by atoms with Crippen molar-refractivity contribution in [2.75, 3.05) is 18.0 Å². The molecule has 1 saturated carbocycles. The van der Waals surface area contributed by atoms with E-state index < -0.39 is 23.6 Å². The van der Waals surface area contributed by atoms with E-state index in [2.05, 4.69) is 30.8 Å². The Balaban J connectivity index is 0.802. The summed E-state index contributed by atoms with van der Waals surface area (Å²) in [6, 6.07) is 14.6. The summed E-state index contributed by atoms with van der Waals surface area (Å²) < 4.78 is 0. The number of H-pyrrole nitrogens is 1. The highest BCUT2D eigenvalue weighted by atomic mass is 32.1. The van der Waals surface area contributed by atoms with Gasteiger partial charge in [0, 0.05) is 54.3 Å². The second-order valence-electron chi connectivity index (χ2n) is 19.3. The predicted molar refractivity (Wildman–Crippen MR) is 255 cm³/mol. The molecule has 0 unspecified atom stereocenters. The SMILES string of the molecule is Cc1ncsc1-c1ccc([C@H](C)NC(=O)[C@@H]2C[C@@H](O)CN2C(=O)[C@@H](NC(=O)C2CCC(c3cnc(N4CCc5c(c(=O)[nH]c6nnc(-c7ccccc7O)cc56)C4)nc3)CC2)C(C)(C)C)cc1. The van der Waals surface area contributed by atoms with Gasteiger partial charge in [0.2, 0.25) is 23.7 Å². The van der Waals surface area contributed by atoms with Gasteiger partial charge in [-0.3, -0.25) is 19.2 Å². The van der Waals surface area contributed by atoms with Crippen molar-refractivity contribution < 1.29 is 24.6 Å². The summed E-state index contributed by atoms with van der Waals surface area (Å²) in [6.45, 7) is 10.5. The van der Waals surface area contributed by atoms with Gasteiger partial charge in [-0.1, -0.05) is 57.2 Å². The molecule has 5 N–H and O–H groups in total. The third kappa shape index (κ3) is 9.39. The number of nitrogens with zero attached hydrogens (tertiary/aromatic N) is 7. The van der Waals surface area contributed by atoms with E-state index in [-0.39, 0.29) is 59.9 Å². The van der Waals surface area contributed by atoms with Gasteiger partial charge in [-0.25, -0.2) is 15.0 Å². The molecule has 0 bridgehead atoms. The number of hydrogen-bond donors (Lipinski definition) is 5. The van der Waals surface area contributed by atoms with Crippen molar-refractivity contribution in [2.45, 2.75) is 110 Å². The Bertz CT molecular complexity index is 2870. The lowest BCUT2D eigenvalue weighted by atomic mass is 9.78. The normalized spacial score (nSPS) is 20.6. The van der Waals surface area contributed by atoms with Crippen LogP contribution in [0.3, 0.4) is 0 Å². The van der Waals surface area contributed by atoms with E-state index in [1.54, 1.807) is 29.5 Å². The maximum atomic E-state index is 14.4. The lowest BCUT2D eigenvalue weighted by molar-refractivity contribution is -0.144. The first-order valence-corrected chi connectivity index (χ1v) is 23.9. The molecule has 4 atom stereocenters. The number of carbonyl (C=O) groups is 3. The van der Waals surface area contributed by atoms with E-state index in [1.807, 2.05) is 93.8 Å². The Morgan fingerprint density at radius 1 is 0.925 bits per heavy atom. The molecule has 17 heteroatoms. The van der Waals surface area contributed by atoms with Crippen molar-refractivity contribution >= 4 is 46.0 Å². The molecular formula is C50H56N10O6S.